The van der Waals surface area contributed by atoms with Crippen LogP contribution >= 0.6 is 0 Å². The zero-order chi connectivity index (χ0) is 9.03. The lowest BCUT2D eigenvalue weighted by Gasteiger charge is -2.22. The second-order valence-electron chi connectivity index (χ2n) is 2.61. The summed E-state index contributed by atoms with van der Waals surface area (Å²) in [7, 11) is 0. The molecule has 0 amide bonds. The largest absolute Gasteiger partial charge is 0.449 e. The van der Waals surface area contributed by atoms with Gasteiger partial charge in [0.2, 0.25) is 0 Å². The molecule has 66 valence electrons. The Bertz CT molecular complexity index is 234. The van der Waals surface area contributed by atoms with Gasteiger partial charge in [0.15, 0.2) is 0 Å². The van der Waals surface area contributed by atoms with E-state index < -0.39 is 5.91 Å². The van der Waals surface area contributed by atoms with Gasteiger partial charge in [-0.15, -0.1) is 0 Å². The number of hydrogen-bond donors (Lipinski definition) is 2. The Morgan fingerprint density at radius 1 is 1.42 bits per heavy atom. The first kappa shape index (κ1) is 9.03. The minimum absolute atomic E-state index is 0.349. The van der Waals surface area contributed by atoms with Gasteiger partial charge in [-0.25, -0.2) is 0 Å². The van der Waals surface area contributed by atoms with Gasteiger partial charge in [0.05, 0.1) is 0 Å². The van der Waals surface area contributed by atoms with E-state index in [1.165, 1.54) is 0 Å². The number of ether oxygens (including phenoxy) is 1. The molecule has 0 aliphatic carbocycles. The molecule has 3 heteroatoms. The molecular weight excluding hydrogens is 154 g/mol. The summed E-state index contributed by atoms with van der Waals surface area (Å²) >= 11 is 0. The van der Waals surface area contributed by atoms with Crippen molar-refractivity contribution in [3.8, 4) is 5.75 Å². The minimum atomic E-state index is -1.55. The second-order valence-corrected chi connectivity index (χ2v) is 2.61. The van der Waals surface area contributed by atoms with Crippen LogP contribution in [0.1, 0.15) is 13.3 Å². The molecule has 1 aromatic carbocycles. The Kier molecular flexibility index (Phi) is 2.68. The molecule has 0 aromatic heterocycles. The highest BCUT2D eigenvalue weighted by Gasteiger charge is 2.19. The van der Waals surface area contributed by atoms with Gasteiger partial charge in [0, 0.05) is 6.42 Å². The van der Waals surface area contributed by atoms with Crippen molar-refractivity contribution in [3.05, 3.63) is 30.3 Å². The lowest BCUT2D eigenvalue weighted by atomic mass is 10.3. The van der Waals surface area contributed by atoms with E-state index in [0.29, 0.717) is 12.2 Å². The monoisotopic (exact) mass is 167 g/mol. The van der Waals surface area contributed by atoms with Crippen molar-refractivity contribution in [2.24, 2.45) is 5.73 Å². The third-order valence-corrected chi connectivity index (χ3v) is 1.54. The fraction of sp³-hybridized carbons (Fsp3) is 0.333. The number of nitrogens with two attached hydrogens (primary N) is 1. The van der Waals surface area contributed by atoms with Crippen LogP contribution < -0.4 is 10.5 Å². The van der Waals surface area contributed by atoms with E-state index >= 15 is 0 Å². The molecule has 0 saturated carbocycles. The number of benzene rings is 1. The van der Waals surface area contributed by atoms with E-state index in [-0.39, 0.29) is 0 Å². The molecule has 1 atom stereocenters. The predicted octanol–water partition coefficient (Wildman–Crippen LogP) is 1.08. The maximum atomic E-state index is 9.33. The van der Waals surface area contributed by atoms with Gasteiger partial charge in [-0.2, -0.15) is 0 Å². The standard InChI is InChI=1S/C9H13NO2/c1-2-9(10,11)12-8-6-4-3-5-7-8/h3-7,11H,2,10H2,1H3. The summed E-state index contributed by atoms with van der Waals surface area (Å²) in [6.07, 6.45) is 0.349. The average Bonchev–Trinajstić information content (AvgIpc) is 2.06. The van der Waals surface area contributed by atoms with E-state index in [0.717, 1.165) is 0 Å². The van der Waals surface area contributed by atoms with Crippen LogP contribution in [0.4, 0.5) is 0 Å². The molecule has 0 saturated heterocycles. The van der Waals surface area contributed by atoms with Crippen LogP contribution in [0.5, 0.6) is 5.75 Å². The van der Waals surface area contributed by atoms with Crippen molar-refractivity contribution >= 4 is 0 Å². The van der Waals surface area contributed by atoms with Crippen LogP contribution in [0.2, 0.25) is 0 Å². The van der Waals surface area contributed by atoms with Crippen LogP contribution in [0, 0.1) is 0 Å². The predicted molar refractivity (Wildman–Crippen MR) is 46.5 cm³/mol. The van der Waals surface area contributed by atoms with Crippen molar-refractivity contribution < 1.29 is 9.84 Å². The first-order valence-electron chi connectivity index (χ1n) is 3.89. The summed E-state index contributed by atoms with van der Waals surface area (Å²) in [4.78, 5) is 0. The van der Waals surface area contributed by atoms with E-state index in [1.54, 1.807) is 19.1 Å². The van der Waals surface area contributed by atoms with Crippen molar-refractivity contribution in [1.29, 1.82) is 0 Å². The summed E-state index contributed by atoms with van der Waals surface area (Å²) < 4.78 is 5.08. The Balaban J connectivity index is 2.64. The van der Waals surface area contributed by atoms with E-state index in [4.69, 9.17) is 10.5 Å². The average molecular weight is 167 g/mol. The molecule has 12 heavy (non-hydrogen) atoms. The fourth-order valence-corrected chi connectivity index (χ4v) is 0.765. The summed E-state index contributed by atoms with van der Waals surface area (Å²) in [5, 5.41) is 9.33. The Morgan fingerprint density at radius 3 is 2.50 bits per heavy atom. The van der Waals surface area contributed by atoms with Gasteiger partial charge in [0.1, 0.15) is 5.75 Å². The van der Waals surface area contributed by atoms with Crippen molar-refractivity contribution in [2.45, 2.75) is 19.3 Å². The van der Waals surface area contributed by atoms with Gasteiger partial charge >= 0.3 is 0 Å². The molecule has 1 rings (SSSR count). The molecule has 0 heterocycles. The molecule has 0 fully saturated rings. The lowest BCUT2D eigenvalue weighted by Crippen LogP contribution is -2.44. The van der Waals surface area contributed by atoms with Gasteiger partial charge in [-0.05, 0) is 12.1 Å². The Hall–Kier alpha value is -1.06. The van der Waals surface area contributed by atoms with Crippen molar-refractivity contribution in [2.75, 3.05) is 0 Å². The third kappa shape index (κ3) is 2.53. The van der Waals surface area contributed by atoms with Gasteiger partial charge in [0.25, 0.3) is 5.91 Å². The lowest BCUT2D eigenvalue weighted by molar-refractivity contribution is -0.134. The highest BCUT2D eigenvalue weighted by molar-refractivity contribution is 5.21. The van der Waals surface area contributed by atoms with Gasteiger partial charge in [-0.3, -0.25) is 5.73 Å². The smallest absolute Gasteiger partial charge is 0.265 e. The first-order chi connectivity index (χ1) is 5.64. The van der Waals surface area contributed by atoms with Crippen LogP contribution in [0.3, 0.4) is 0 Å². The number of hydrogen-bond acceptors (Lipinski definition) is 3. The Labute approximate surface area is 71.8 Å². The van der Waals surface area contributed by atoms with Crippen LogP contribution in [0.25, 0.3) is 0 Å². The molecule has 0 aliphatic heterocycles. The summed E-state index contributed by atoms with van der Waals surface area (Å²) in [6.45, 7) is 1.75. The molecule has 0 spiro atoms. The minimum Gasteiger partial charge on any atom is -0.449 e. The van der Waals surface area contributed by atoms with E-state index in [9.17, 15) is 5.11 Å². The van der Waals surface area contributed by atoms with Crippen LogP contribution in [-0.2, 0) is 0 Å². The molecule has 1 unspecified atom stereocenters. The van der Waals surface area contributed by atoms with E-state index in [1.807, 2.05) is 18.2 Å². The zero-order valence-electron chi connectivity index (χ0n) is 7.03. The maximum Gasteiger partial charge on any atom is 0.265 e. The van der Waals surface area contributed by atoms with Gasteiger partial charge < -0.3 is 9.84 Å². The molecule has 3 N–H and O–H groups in total. The zero-order valence-corrected chi connectivity index (χ0v) is 7.03. The first-order valence-corrected chi connectivity index (χ1v) is 3.89. The highest BCUT2D eigenvalue weighted by atomic mass is 16.6. The third-order valence-electron chi connectivity index (χ3n) is 1.54. The normalized spacial score (nSPS) is 15.2. The molecule has 0 radical (unpaired) electrons. The maximum absolute atomic E-state index is 9.33. The quantitative estimate of drug-likeness (QED) is 0.662. The summed E-state index contributed by atoms with van der Waals surface area (Å²) in [5.74, 6) is -0.981. The van der Waals surface area contributed by atoms with Crippen molar-refractivity contribution in [3.63, 3.8) is 0 Å². The van der Waals surface area contributed by atoms with E-state index in [2.05, 4.69) is 0 Å². The topological polar surface area (TPSA) is 55.5 Å². The van der Waals surface area contributed by atoms with Crippen molar-refractivity contribution in [1.82, 2.24) is 0 Å². The molecule has 0 bridgehead atoms. The molecular formula is C9H13NO2. The second kappa shape index (κ2) is 3.56. The molecule has 0 aliphatic rings. The SMILES string of the molecule is CCC(N)(O)Oc1ccccc1. The summed E-state index contributed by atoms with van der Waals surface area (Å²) in [6, 6.07) is 9.00. The Morgan fingerprint density at radius 2 is 2.00 bits per heavy atom. The number of para-hydroxylation sites is 1. The van der Waals surface area contributed by atoms with Crippen LogP contribution in [0.15, 0.2) is 30.3 Å². The summed E-state index contributed by atoms with van der Waals surface area (Å²) in [5.41, 5.74) is 5.38. The number of aliphatic hydroxyl groups is 1. The fourth-order valence-electron chi connectivity index (χ4n) is 0.765. The number of rotatable bonds is 3. The molecule has 3 nitrogen and oxygen atoms in total. The molecule has 1 aromatic rings. The highest BCUT2D eigenvalue weighted by Crippen LogP contribution is 2.14. The van der Waals surface area contributed by atoms with Gasteiger partial charge in [-0.1, -0.05) is 25.1 Å². The van der Waals surface area contributed by atoms with Crippen LogP contribution in [-0.4, -0.2) is 11.0 Å².